The van der Waals surface area contributed by atoms with Crippen LogP contribution in [0.5, 0.6) is 0 Å². The third-order valence-electron chi connectivity index (χ3n) is 6.48. The number of nitrogens with two attached hydrogens (primary N) is 2. The summed E-state index contributed by atoms with van der Waals surface area (Å²) >= 11 is 0. The van der Waals surface area contributed by atoms with Gasteiger partial charge in [-0.1, -0.05) is 70.8 Å². The first kappa shape index (κ1) is 36.8. The molecule has 39 heavy (non-hydrogen) atoms. The zero-order valence-electron chi connectivity index (χ0n) is 24.2. The second-order valence-corrected chi connectivity index (χ2v) is 10.2. The lowest BCUT2D eigenvalue weighted by atomic mass is 10.0. The van der Waals surface area contributed by atoms with E-state index in [1.54, 1.807) is 0 Å². The molecule has 0 saturated heterocycles. The molecule has 0 rings (SSSR count). The van der Waals surface area contributed by atoms with E-state index < -0.39 is 17.9 Å². The number of amides is 2. The zero-order valence-corrected chi connectivity index (χ0v) is 24.2. The SMILES string of the molecule is C=C(CCCCCCCCCCCCCCC(=O)O)NCCOCCOCC(=O)NCCCC[C@H](N)C(N)=O. The average Bonchev–Trinajstić information content (AvgIpc) is 2.89. The van der Waals surface area contributed by atoms with Gasteiger partial charge in [0.25, 0.3) is 0 Å². The van der Waals surface area contributed by atoms with Gasteiger partial charge in [-0.05, 0) is 38.5 Å². The smallest absolute Gasteiger partial charge is 0.303 e. The first-order chi connectivity index (χ1) is 18.8. The van der Waals surface area contributed by atoms with Gasteiger partial charge in [-0.2, -0.15) is 0 Å². The van der Waals surface area contributed by atoms with E-state index in [4.69, 9.17) is 26.0 Å². The Hall–Kier alpha value is -2.17. The van der Waals surface area contributed by atoms with Crippen LogP contribution in [0.1, 0.15) is 109 Å². The minimum atomic E-state index is -0.684. The maximum Gasteiger partial charge on any atom is 0.303 e. The molecule has 2 amide bonds. The summed E-state index contributed by atoms with van der Waals surface area (Å²) in [5.41, 5.74) is 11.7. The normalized spacial score (nSPS) is 11.7. The number of unbranched alkanes of at least 4 members (excludes halogenated alkanes) is 12. The monoisotopic (exact) mass is 556 g/mol. The highest BCUT2D eigenvalue weighted by molar-refractivity contribution is 5.79. The predicted molar refractivity (Wildman–Crippen MR) is 155 cm³/mol. The van der Waals surface area contributed by atoms with Gasteiger partial charge in [-0.15, -0.1) is 0 Å². The zero-order chi connectivity index (χ0) is 29.0. The van der Waals surface area contributed by atoms with Gasteiger partial charge in [0, 0.05) is 25.2 Å². The van der Waals surface area contributed by atoms with Crippen molar-refractivity contribution in [2.24, 2.45) is 11.5 Å². The molecule has 10 nitrogen and oxygen atoms in total. The van der Waals surface area contributed by atoms with Crippen molar-refractivity contribution in [2.45, 2.75) is 115 Å². The largest absolute Gasteiger partial charge is 0.481 e. The van der Waals surface area contributed by atoms with Crippen molar-refractivity contribution < 1.29 is 29.0 Å². The van der Waals surface area contributed by atoms with Gasteiger partial charge in [0.15, 0.2) is 0 Å². The van der Waals surface area contributed by atoms with Crippen LogP contribution in [0, 0.1) is 0 Å². The Kier molecular flexibility index (Phi) is 25.9. The summed E-state index contributed by atoms with van der Waals surface area (Å²) in [4.78, 5) is 33.0. The van der Waals surface area contributed by atoms with Crippen molar-refractivity contribution in [3.8, 4) is 0 Å². The van der Waals surface area contributed by atoms with Crippen molar-refractivity contribution in [3.05, 3.63) is 12.3 Å². The number of aliphatic carboxylic acids is 1. The summed E-state index contributed by atoms with van der Waals surface area (Å²) in [6, 6.07) is -0.624. The Bertz CT molecular complexity index is 647. The van der Waals surface area contributed by atoms with E-state index in [1.165, 1.54) is 51.4 Å². The molecule has 0 spiro atoms. The van der Waals surface area contributed by atoms with Crippen LogP contribution < -0.4 is 22.1 Å². The Labute approximate surface area is 236 Å². The van der Waals surface area contributed by atoms with E-state index in [2.05, 4.69) is 17.2 Å². The lowest BCUT2D eigenvalue weighted by Gasteiger charge is -2.10. The van der Waals surface area contributed by atoms with Crippen LogP contribution in [0.4, 0.5) is 0 Å². The summed E-state index contributed by atoms with van der Waals surface area (Å²) in [6.07, 6.45) is 17.6. The minimum Gasteiger partial charge on any atom is -0.481 e. The number of nitrogens with one attached hydrogen (secondary N) is 2. The van der Waals surface area contributed by atoms with Crippen molar-refractivity contribution in [3.63, 3.8) is 0 Å². The average molecular weight is 557 g/mol. The second kappa shape index (κ2) is 27.4. The number of hydrogen-bond donors (Lipinski definition) is 5. The van der Waals surface area contributed by atoms with E-state index in [0.29, 0.717) is 45.8 Å². The van der Waals surface area contributed by atoms with E-state index in [9.17, 15) is 14.4 Å². The van der Waals surface area contributed by atoms with Crippen LogP contribution in [0.3, 0.4) is 0 Å². The predicted octanol–water partition coefficient (Wildman–Crippen LogP) is 3.77. The molecule has 0 aliphatic heterocycles. The van der Waals surface area contributed by atoms with E-state index in [-0.39, 0.29) is 12.5 Å². The summed E-state index contributed by atoms with van der Waals surface area (Å²) in [7, 11) is 0. The number of carbonyl (C=O) groups excluding carboxylic acids is 2. The molecule has 0 bridgehead atoms. The highest BCUT2D eigenvalue weighted by Gasteiger charge is 2.08. The van der Waals surface area contributed by atoms with E-state index in [1.807, 2.05) is 0 Å². The molecule has 7 N–H and O–H groups in total. The molecule has 228 valence electrons. The molecule has 0 aromatic heterocycles. The Balaban J connectivity index is 3.30. The van der Waals surface area contributed by atoms with Crippen LogP contribution in [0.15, 0.2) is 12.3 Å². The van der Waals surface area contributed by atoms with Gasteiger partial charge in [0.1, 0.15) is 6.61 Å². The number of primary amides is 1. The molecular weight excluding hydrogens is 500 g/mol. The molecule has 10 heteroatoms. The number of allylic oxidation sites excluding steroid dienone is 1. The third kappa shape index (κ3) is 28.7. The van der Waals surface area contributed by atoms with Gasteiger partial charge < -0.3 is 36.7 Å². The molecule has 0 aliphatic rings. The van der Waals surface area contributed by atoms with Crippen molar-refractivity contribution in [2.75, 3.05) is 39.5 Å². The fourth-order valence-electron chi connectivity index (χ4n) is 4.07. The van der Waals surface area contributed by atoms with Crippen LogP contribution in [-0.2, 0) is 23.9 Å². The number of rotatable bonds is 30. The lowest BCUT2D eigenvalue weighted by molar-refractivity contribution is -0.137. The quantitative estimate of drug-likeness (QED) is 0.0834. The number of ether oxygens (including phenoxy) is 2. The van der Waals surface area contributed by atoms with Crippen LogP contribution in [0.2, 0.25) is 0 Å². The fourth-order valence-corrected chi connectivity index (χ4v) is 4.07. The molecule has 0 aliphatic carbocycles. The molecule has 0 fully saturated rings. The number of carbonyl (C=O) groups is 3. The van der Waals surface area contributed by atoms with Crippen molar-refractivity contribution in [1.82, 2.24) is 10.6 Å². The molecule has 0 aromatic rings. The van der Waals surface area contributed by atoms with Crippen molar-refractivity contribution >= 4 is 17.8 Å². The highest BCUT2D eigenvalue weighted by atomic mass is 16.5. The summed E-state index contributed by atoms with van der Waals surface area (Å²) in [5.74, 6) is -1.36. The first-order valence-corrected chi connectivity index (χ1v) is 14.9. The fraction of sp³-hybridized carbons (Fsp3) is 0.828. The molecular formula is C29H56N4O6. The second-order valence-electron chi connectivity index (χ2n) is 10.2. The van der Waals surface area contributed by atoms with Gasteiger partial charge in [-0.25, -0.2) is 0 Å². The Morgan fingerprint density at radius 1 is 0.692 bits per heavy atom. The van der Waals surface area contributed by atoms with Crippen molar-refractivity contribution in [1.29, 1.82) is 0 Å². The Morgan fingerprint density at radius 3 is 1.79 bits per heavy atom. The first-order valence-electron chi connectivity index (χ1n) is 14.9. The number of carboxylic acids is 1. The molecule has 0 heterocycles. The molecule has 0 unspecified atom stereocenters. The Morgan fingerprint density at radius 2 is 1.23 bits per heavy atom. The number of hydrogen-bond acceptors (Lipinski definition) is 7. The summed E-state index contributed by atoms with van der Waals surface area (Å²) < 4.78 is 10.8. The highest BCUT2D eigenvalue weighted by Crippen LogP contribution is 2.13. The van der Waals surface area contributed by atoms with Gasteiger partial charge in [0.05, 0.1) is 25.9 Å². The molecule has 0 radical (unpaired) electrons. The standard InChI is InChI=1S/C29H56N4O6/c1-25(16-12-10-8-6-4-2-3-5-7-9-11-13-18-28(35)36)32-20-21-38-22-23-39-24-27(34)33-19-15-14-17-26(30)29(31)37/h26,32H,1-24,30H2,(H2,31,37)(H,33,34)(H,35,36)/t26-/m0/s1. The molecule has 0 saturated carbocycles. The molecule has 1 atom stereocenters. The van der Waals surface area contributed by atoms with Gasteiger partial charge in [-0.3, -0.25) is 14.4 Å². The van der Waals surface area contributed by atoms with Crippen LogP contribution in [0.25, 0.3) is 0 Å². The summed E-state index contributed by atoms with van der Waals surface area (Å²) in [6.45, 7) is 6.65. The maximum atomic E-state index is 11.7. The molecule has 0 aromatic carbocycles. The topological polar surface area (TPSA) is 166 Å². The van der Waals surface area contributed by atoms with Gasteiger partial charge >= 0.3 is 5.97 Å². The number of carboxylic acid groups (broad SMARTS) is 1. The van der Waals surface area contributed by atoms with Crippen LogP contribution >= 0.6 is 0 Å². The third-order valence-corrected chi connectivity index (χ3v) is 6.48. The van der Waals surface area contributed by atoms with Crippen LogP contribution in [-0.4, -0.2) is 68.4 Å². The summed E-state index contributed by atoms with van der Waals surface area (Å²) in [5, 5.41) is 14.7. The van der Waals surface area contributed by atoms with E-state index in [0.717, 1.165) is 50.6 Å². The van der Waals surface area contributed by atoms with E-state index >= 15 is 0 Å². The maximum absolute atomic E-state index is 11.7. The minimum absolute atomic E-state index is 0.00318. The van der Waals surface area contributed by atoms with Gasteiger partial charge in [0.2, 0.25) is 11.8 Å². The lowest BCUT2D eigenvalue weighted by Crippen LogP contribution is -2.36.